The maximum absolute atomic E-state index is 12.3. The van der Waals surface area contributed by atoms with Crippen LogP contribution in [-0.2, 0) is 6.54 Å². The fraction of sp³-hybridized carbons (Fsp3) is 0.231. The molecule has 1 amide bonds. The summed E-state index contributed by atoms with van der Waals surface area (Å²) in [5, 5.41) is 3.54. The number of nitrogens with two attached hydrogens (primary N) is 1. The lowest BCUT2D eigenvalue weighted by Gasteiger charge is -2.16. The van der Waals surface area contributed by atoms with Crippen LogP contribution in [-0.4, -0.2) is 29.9 Å². The molecular weight excluding hydrogens is 260 g/mol. The molecule has 1 aromatic heterocycles. The maximum Gasteiger partial charge on any atom is 0.267 e. The number of rotatable bonds is 4. The van der Waals surface area contributed by atoms with Crippen molar-refractivity contribution >= 4 is 28.2 Å². The number of thiazole rings is 1. The summed E-state index contributed by atoms with van der Waals surface area (Å²) in [4.78, 5) is 18.5. The van der Waals surface area contributed by atoms with Crippen molar-refractivity contribution in [1.82, 2.24) is 9.88 Å². The zero-order valence-corrected chi connectivity index (χ0v) is 11.7. The quantitative estimate of drug-likeness (QED) is 0.896. The van der Waals surface area contributed by atoms with Crippen LogP contribution in [0.5, 0.6) is 0 Å². The van der Waals surface area contributed by atoms with Crippen molar-refractivity contribution in [2.75, 3.05) is 25.1 Å². The van der Waals surface area contributed by atoms with Gasteiger partial charge in [-0.2, -0.15) is 0 Å². The minimum absolute atomic E-state index is 0.111. The first-order chi connectivity index (χ1) is 9.11. The summed E-state index contributed by atoms with van der Waals surface area (Å²) in [6.07, 6.45) is 0. The van der Waals surface area contributed by atoms with E-state index in [9.17, 15) is 4.79 Å². The third-order valence-electron chi connectivity index (χ3n) is 2.67. The van der Waals surface area contributed by atoms with E-state index >= 15 is 0 Å². The summed E-state index contributed by atoms with van der Waals surface area (Å²) >= 11 is 1.27. The lowest BCUT2D eigenvalue weighted by Crippen LogP contribution is -2.26. The zero-order valence-electron chi connectivity index (χ0n) is 10.9. The van der Waals surface area contributed by atoms with Gasteiger partial charge in [0.2, 0.25) is 0 Å². The van der Waals surface area contributed by atoms with E-state index < -0.39 is 0 Å². The highest BCUT2D eigenvalue weighted by Crippen LogP contribution is 2.25. The van der Waals surface area contributed by atoms with Crippen LogP contribution in [0.1, 0.15) is 15.2 Å². The minimum atomic E-state index is -0.111. The summed E-state index contributed by atoms with van der Waals surface area (Å²) in [5.74, 6) is 0.166. The van der Waals surface area contributed by atoms with E-state index in [2.05, 4.69) is 10.3 Å². The fourth-order valence-electron chi connectivity index (χ4n) is 1.69. The van der Waals surface area contributed by atoms with Gasteiger partial charge in [0.15, 0.2) is 5.13 Å². The second kappa shape index (κ2) is 5.71. The smallest absolute Gasteiger partial charge is 0.267 e. The predicted molar refractivity (Wildman–Crippen MR) is 78.3 cm³/mol. The van der Waals surface area contributed by atoms with Gasteiger partial charge in [0.25, 0.3) is 5.91 Å². The molecule has 2 rings (SSSR count). The van der Waals surface area contributed by atoms with Crippen LogP contribution in [0.4, 0.5) is 10.9 Å². The first-order valence-electron chi connectivity index (χ1n) is 5.85. The molecule has 0 aliphatic rings. The molecule has 5 nitrogen and oxygen atoms in total. The number of nitrogens with one attached hydrogen (secondary N) is 1. The molecule has 100 valence electrons. The molecule has 0 atom stereocenters. The van der Waals surface area contributed by atoms with Gasteiger partial charge in [-0.15, -0.1) is 0 Å². The zero-order chi connectivity index (χ0) is 13.8. The third kappa shape index (κ3) is 3.03. The Morgan fingerprint density at radius 2 is 2.11 bits per heavy atom. The van der Waals surface area contributed by atoms with Gasteiger partial charge in [0, 0.05) is 20.6 Å². The van der Waals surface area contributed by atoms with Gasteiger partial charge in [-0.3, -0.25) is 4.79 Å². The van der Waals surface area contributed by atoms with Crippen LogP contribution in [0.2, 0.25) is 0 Å². The van der Waals surface area contributed by atoms with Crippen molar-refractivity contribution in [3.05, 3.63) is 40.8 Å². The average molecular weight is 276 g/mol. The number of nitrogen functional groups attached to an aromatic ring is 1. The predicted octanol–water partition coefficient (Wildman–Crippen LogP) is 2.04. The molecule has 0 unspecified atom stereocenters. The standard InChI is InChI=1S/C13H16N4OS/c1-15-13-16-11(14)10(19-13)12(18)17(2)8-9-6-4-3-5-7-9/h3-7H,8,14H2,1-2H3,(H,15,16). The number of carbonyl (C=O) groups excluding carboxylic acids is 1. The Morgan fingerprint density at radius 3 is 2.68 bits per heavy atom. The molecule has 0 bridgehead atoms. The average Bonchev–Trinajstić information content (AvgIpc) is 2.80. The van der Waals surface area contributed by atoms with Gasteiger partial charge in [0.05, 0.1) is 0 Å². The summed E-state index contributed by atoms with van der Waals surface area (Å²) in [6, 6.07) is 9.82. The largest absolute Gasteiger partial charge is 0.382 e. The number of nitrogens with zero attached hydrogens (tertiary/aromatic N) is 2. The Bertz CT molecular complexity index is 567. The molecular formula is C13H16N4OS. The molecule has 0 fully saturated rings. The Hall–Kier alpha value is -2.08. The number of benzene rings is 1. The maximum atomic E-state index is 12.3. The van der Waals surface area contributed by atoms with E-state index in [-0.39, 0.29) is 11.7 Å². The van der Waals surface area contributed by atoms with E-state index in [0.717, 1.165) is 5.56 Å². The summed E-state index contributed by atoms with van der Waals surface area (Å²) < 4.78 is 0. The molecule has 0 aliphatic carbocycles. The summed E-state index contributed by atoms with van der Waals surface area (Å²) in [5.41, 5.74) is 6.84. The molecule has 1 aromatic carbocycles. The highest BCUT2D eigenvalue weighted by atomic mass is 32.1. The molecule has 0 radical (unpaired) electrons. The fourth-order valence-corrected chi connectivity index (χ4v) is 2.53. The number of hydrogen-bond acceptors (Lipinski definition) is 5. The van der Waals surface area contributed by atoms with E-state index in [1.807, 2.05) is 30.3 Å². The van der Waals surface area contributed by atoms with E-state index in [0.29, 0.717) is 16.6 Å². The van der Waals surface area contributed by atoms with Gasteiger partial charge in [-0.1, -0.05) is 41.7 Å². The lowest BCUT2D eigenvalue weighted by atomic mass is 10.2. The Morgan fingerprint density at radius 1 is 1.42 bits per heavy atom. The molecule has 6 heteroatoms. The second-order valence-electron chi connectivity index (χ2n) is 4.13. The van der Waals surface area contributed by atoms with Crippen molar-refractivity contribution in [3.63, 3.8) is 0 Å². The molecule has 19 heavy (non-hydrogen) atoms. The number of aromatic nitrogens is 1. The normalized spacial score (nSPS) is 10.2. The van der Waals surface area contributed by atoms with Crippen LogP contribution < -0.4 is 11.1 Å². The Labute approximate surface area is 116 Å². The number of carbonyl (C=O) groups is 1. The molecule has 0 spiro atoms. The Balaban J connectivity index is 2.12. The van der Waals surface area contributed by atoms with Crippen molar-refractivity contribution < 1.29 is 4.79 Å². The number of hydrogen-bond donors (Lipinski definition) is 2. The Kier molecular flexibility index (Phi) is 4.01. The van der Waals surface area contributed by atoms with E-state index in [1.165, 1.54) is 11.3 Å². The second-order valence-corrected chi connectivity index (χ2v) is 5.13. The molecule has 0 saturated carbocycles. The van der Waals surface area contributed by atoms with Crippen LogP contribution in [0.25, 0.3) is 0 Å². The first-order valence-corrected chi connectivity index (χ1v) is 6.67. The van der Waals surface area contributed by atoms with Crippen LogP contribution >= 0.6 is 11.3 Å². The van der Waals surface area contributed by atoms with Gasteiger partial charge in [-0.05, 0) is 5.56 Å². The summed E-state index contributed by atoms with van der Waals surface area (Å²) in [7, 11) is 3.51. The topological polar surface area (TPSA) is 71.2 Å². The first kappa shape index (κ1) is 13.4. The van der Waals surface area contributed by atoms with Crippen LogP contribution in [0, 0.1) is 0 Å². The van der Waals surface area contributed by atoms with Crippen LogP contribution in [0.15, 0.2) is 30.3 Å². The van der Waals surface area contributed by atoms with E-state index in [1.54, 1.807) is 19.0 Å². The van der Waals surface area contributed by atoms with Crippen molar-refractivity contribution in [2.24, 2.45) is 0 Å². The highest BCUT2D eigenvalue weighted by Gasteiger charge is 2.19. The number of anilines is 2. The van der Waals surface area contributed by atoms with Gasteiger partial charge in [-0.25, -0.2) is 4.98 Å². The minimum Gasteiger partial charge on any atom is -0.382 e. The number of amides is 1. The molecule has 1 heterocycles. The van der Waals surface area contributed by atoms with Crippen molar-refractivity contribution in [2.45, 2.75) is 6.54 Å². The van der Waals surface area contributed by atoms with Gasteiger partial charge in [0.1, 0.15) is 10.7 Å². The summed E-state index contributed by atoms with van der Waals surface area (Å²) in [6.45, 7) is 0.548. The van der Waals surface area contributed by atoms with Crippen molar-refractivity contribution in [3.8, 4) is 0 Å². The molecule has 3 N–H and O–H groups in total. The molecule has 0 saturated heterocycles. The highest BCUT2D eigenvalue weighted by molar-refractivity contribution is 7.18. The van der Waals surface area contributed by atoms with Crippen LogP contribution in [0.3, 0.4) is 0 Å². The molecule has 2 aromatic rings. The third-order valence-corrected chi connectivity index (χ3v) is 3.75. The van der Waals surface area contributed by atoms with Gasteiger partial charge >= 0.3 is 0 Å². The SMILES string of the molecule is CNc1nc(N)c(C(=O)N(C)Cc2ccccc2)s1. The van der Waals surface area contributed by atoms with E-state index in [4.69, 9.17) is 5.73 Å². The lowest BCUT2D eigenvalue weighted by molar-refractivity contribution is 0.0790. The van der Waals surface area contributed by atoms with Gasteiger partial charge < -0.3 is 16.0 Å². The monoisotopic (exact) mass is 276 g/mol. The van der Waals surface area contributed by atoms with Crippen molar-refractivity contribution in [1.29, 1.82) is 0 Å². The molecule has 0 aliphatic heterocycles.